The Morgan fingerprint density at radius 1 is 1.08 bits per heavy atom. The van der Waals surface area contributed by atoms with Crippen LogP contribution in [-0.2, 0) is 9.84 Å². The minimum absolute atomic E-state index is 0.0788. The average Bonchev–Trinajstić information content (AvgIpc) is 3.40. The topological polar surface area (TPSA) is 97.2 Å². The predicted octanol–water partition coefficient (Wildman–Crippen LogP) is 5.26. The molecular weight excluding hydrogens is 510 g/mol. The number of anilines is 2. The maximum absolute atomic E-state index is 13.3. The Kier molecular flexibility index (Phi) is 7.31. The smallest absolute Gasteiger partial charge is 0.271 e. The van der Waals surface area contributed by atoms with Crippen molar-refractivity contribution in [1.29, 1.82) is 0 Å². The number of hydrogen-bond acceptors (Lipinski definition) is 7. The molecule has 0 radical (unpaired) electrons. The van der Waals surface area contributed by atoms with Gasteiger partial charge in [0, 0.05) is 29.4 Å². The zero-order chi connectivity index (χ0) is 26.3. The molecule has 5 rings (SSSR count). The molecule has 10 heteroatoms. The lowest BCUT2D eigenvalue weighted by Gasteiger charge is -2.34. The minimum atomic E-state index is -3.41. The predicted molar refractivity (Wildman–Crippen MR) is 148 cm³/mol. The summed E-state index contributed by atoms with van der Waals surface area (Å²) in [5.74, 6) is 0.348. The van der Waals surface area contributed by atoms with Crippen LogP contribution in [0.5, 0.6) is 0 Å². The van der Waals surface area contributed by atoms with Gasteiger partial charge in [0.1, 0.15) is 10.7 Å². The first-order chi connectivity index (χ1) is 17.6. The second-order valence-corrected chi connectivity index (χ2v) is 13.2. The van der Waals surface area contributed by atoms with E-state index in [1.54, 1.807) is 35.0 Å². The summed E-state index contributed by atoms with van der Waals surface area (Å²) in [5, 5.41) is 3.75. The molecule has 0 unspecified atom stereocenters. The van der Waals surface area contributed by atoms with Crippen LogP contribution in [0, 0.1) is 6.92 Å². The Morgan fingerprint density at radius 3 is 2.43 bits per heavy atom. The van der Waals surface area contributed by atoms with Gasteiger partial charge in [-0.1, -0.05) is 24.4 Å². The van der Waals surface area contributed by atoms with E-state index in [-0.39, 0.29) is 21.9 Å². The highest BCUT2D eigenvalue weighted by atomic mass is 35.5. The lowest BCUT2D eigenvalue weighted by molar-refractivity contribution is 0.186. The van der Waals surface area contributed by atoms with Crippen molar-refractivity contribution in [2.75, 3.05) is 18.4 Å². The summed E-state index contributed by atoms with van der Waals surface area (Å²) in [6, 6.07) is 7.28. The second kappa shape index (κ2) is 10.3. The van der Waals surface area contributed by atoms with Crippen LogP contribution in [0.1, 0.15) is 64.0 Å². The molecule has 1 saturated carbocycles. The number of fused-ring (bicyclic) bond motifs is 1. The number of piperidine rings is 1. The number of aryl methyl sites for hydroxylation is 1. The molecule has 2 aromatic heterocycles. The summed E-state index contributed by atoms with van der Waals surface area (Å²) in [4.78, 5) is 24.7. The standard InChI is InChI=1S/C27H34ClN5O3S/c1-17(2)32-12-10-21(11-13-32)37(35,36)22-8-9-24(18(3)14-22)30-27-29-16-19-15-23(28)26(34)33(25(19)31-27)20-6-4-5-7-20/h8-9,14-17,20-21H,4-7,10-13H2,1-3H3,(H,29,30,31). The van der Waals surface area contributed by atoms with Gasteiger partial charge in [0.05, 0.1) is 10.1 Å². The zero-order valence-corrected chi connectivity index (χ0v) is 23.1. The van der Waals surface area contributed by atoms with Crippen molar-refractivity contribution in [3.8, 4) is 0 Å². The highest BCUT2D eigenvalue weighted by molar-refractivity contribution is 7.92. The van der Waals surface area contributed by atoms with E-state index in [0.29, 0.717) is 40.8 Å². The molecule has 0 bridgehead atoms. The Balaban J connectivity index is 1.40. The van der Waals surface area contributed by atoms with Crippen LogP contribution in [0.2, 0.25) is 5.02 Å². The van der Waals surface area contributed by atoms with Crippen molar-refractivity contribution >= 4 is 44.1 Å². The van der Waals surface area contributed by atoms with Gasteiger partial charge in [-0.05, 0) is 89.4 Å². The zero-order valence-electron chi connectivity index (χ0n) is 21.6. The van der Waals surface area contributed by atoms with Crippen molar-refractivity contribution in [3.63, 3.8) is 0 Å². The molecule has 2 fully saturated rings. The SMILES string of the molecule is Cc1cc(S(=O)(=O)C2CCN(C(C)C)CC2)ccc1Nc1ncc2cc(Cl)c(=O)n(C3CCCC3)c2n1. The van der Waals surface area contributed by atoms with Crippen LogP contribution in [0.4, 0.5) is 11.6 Å². The van der Waals surface area contributed by atoms with Crippen LogP contribution in [0.15, 0.2) is 40.2 Å². The monoisotopic (exact) mass is 543 g/mol. The Morgan fingerprint density at radius 2 is 1.78 bits per heavy atom. The van der Waals surface area contributed by atoms with E-state index in [4.69, 9.17) is 11.6 Å². The fourth-order valence-electron chi connectivity index (χ4n) is 5.62. The van der Waals surface area contributed by atoms with Gasteiger partial charge in [-0.3, -0.25) is 9.36 Å². The van der Waals surface area contributed by atoms with Crippen LogP contribution < -0.4 is 10.9 Å². The average molecular weight is 544 g/mol. The Labute approximate surface area is 223 Å². The van der Waals surface area contributed by atoms with E-state index >= 15 is 0 Å². The first-order valence-corrected chi connectivity index (χ1v) is 15.0. The summed E-state index contributed by atoms with van der Waals surface area (Å²) in [6.45, 7) is 7.77. The maximum Gasteiger partial charge on any atom is 0.271 e. The normalized spacial score (nSPS) is 18.2. The molecule has 37 heavy (non-hydrogen) atoms. The maximum atomic E-state index is 13.3. The third-order valence-electron chi connectivity index (χ3n) is 7.84. The van der Waals surface area contributed by atoms with Gasteiger partial charge in [0.25, 0.3) is 5.56 Å². The quantitative estimate of drug-likeness (QED) is 0.453. The summed E-state index contributed by atoms with van der Waals surface area (Å²) in [7, 11) is -3.41. The van der Waals surface area contributed by atoms with E-state index in [9.17, 15) is 13.2 Å². The molecule has 1 aliphatic heterocycles. The van der Waals surface area contributed by atoms with Crippen molar-refractivity contribution in [2.45, 2.75) is 81.5 Å². The van der Waals surface area contributed by atoms with Gasteiger partial charge in [0.2, 0.25) is 5.95 Å². The molecular formula is C27H34ClN5O3S. The van der Waals surface area contributed by atoms with Gasteiger partial charge in [0.15, 0.2) is 9.84 Å². The van der Waals surface area contributed by atoms with Gasteiger partial charge in [-0.15, -0.1) is 0 Å². The van der Waals surface area contributed by atoms with Gasteiger partial charge in [-0.25, -0.2) is 13.4 Å². The van der Waals surface area contributed by atoms with E-state index in [0.717, 1.165) is 50.0 Å². The molecule has 0 amide bonds. The first kappa shape index (κ1) is 26.1. The fraction of sp³-hybridized carbons (Fsp3) is 0.519. The molecule has 1 aliphatic carbocycles. The molecule has 8 nitrogen and oxygen atoms in total. The number of likely N-dealkylation sites (tertiary alicyclic amines) is 1. The van der Waals surface area contributed by atoms with E-state index in [1.807, 2.05) is 6.92 Å². The number of halogens is 1. The van der Waals surface area contributed by atoms with Crippen molar-refractivity contribution in [3.05, 3.63) is 51.4 Å². The number of hydrogen-bond donors (Lipinski definition) is 1. The highest BCUT2D eigenvalue weighted by Crippen LogP contribution is 2.32. The van der Waals surface area contributed by atoms with Crippen LogP contribution in [0.25, 0.3) is 11.0 Å². The number of benzene rings is 1. The number of sulfone groups is 1. The van der Waals surface area contributed by atoms with Gasteiger partial charge in [-0.2, -0.15) is 4.98 Å². The summed E-state index contributed by atoms with van der Waals surface area (Å²) < 4.78 is 28.4. The second-order valence-electron chi connectivity index (χ2n) is 10.6. The largest absolute Gasteiger partial charge is 0.324 e. The Hall–Kier alpha value is -2.49. The minimum Gasteiger partial charge on any atom is -0.324 e. The third-order valence-corrected chi connectivity index (χ3v) is 10.4. The number of nitrogens with zero attached hydrogens (tertiary/aromatic N) is 4. The van der Waals surface area contributed by atoms with Crippen molar-refractivity contribution in [2.24, 2.45) is 0 Å². The summed E-state index contributed by atoms with van der Waals surface area (Å²) in [5.41, 5.74) is 1.84. The van der Waals surface area contributed by atoms with Crippen LogP contribution >= 0.6 is 11.6 Å². The number of aromatic nitrogens is 3. The van der Waals surface area contributed by atoms with Gasteiger partial charge >= 0.3 is 0 Å². The molecule has 198 valence electrons. The molecule has 2 aliphatic rings. The number of pyridine rings is 1. The fourth-order valence-corrected chi connectivity index (χ4v) is 7.64. The first-order valence-electron chi connectivity index (χ1n) is 13.1. The van der Waals surface area contributed by atoms with E-state index < -0.39 is 9.84 Å². The summed E-state index contributed by atoms with van der Waals surface area (Å²) in [6.07, 6.45) is 6.97. The highest BCUT2D eigenvalue weighted by Gasteiger charge is 2.32. The molecule has 0 spiro atoms. The van der Waals surface area contributed by atoms with E-state index in [2.05, 4.69) is 34.0 Å². The molecule has 1 aromatic carbocycles. The number of nitrogens with one attached hydrogen (secondary N) is 1. The van der Waals surface area contributed by atoms with Crippen LogP contribution in [0.3, 0.4) is 0 Å². The molecule has 1 N–H and O–H groups in total. The molecule has 0 atom stereocenters. The van der Waals surface area contributed by atoms with Gasteiger partial charge < -0.3 is 10.2 Å². The Bertz CT molecular complexity index is 1470. The molecule has 3 aromatic rings. The lowest BCUT2D eigenvalue weighted by Crippen LogP contribution is -2.42. The molecule has 1 saturated heterocycles. The number of rotatable bonds is 6. The van der Waals surface area contributed by atoms with Crippen LogP contribution in [-0.4, -0.2) is 52.2 Å². The third kappa shape index (κ3) is 5.13. The summed E-state index contributed by atoms with van der Waals surface area (Å²) >= 11 is 6.23. The van der Waals surface area contributed by atoms with E-state index in [1.165, 1.54) is 0 Å². The molecule has 3 heterocycles. The lowest BCUT2D eigenvalue weighted by atomic mass is 10.1. The van der Waals surface area contributed by atoms with Crippen molar-refractivity contribution in [1.82, 2.24) is 19.4 Å². The van der Waals surface area contributed by atoms with Crippen molar-refractivity contribution < 1.29 is 8.42 Å².